The minimum Gasteiger partial charge on any atom is -0.479 e. The van der Waals surface area contributed by atoms with Crippen molar-refractivity contribution >= 4 is 11.9 Å². The van der Waals surface area contributed by atoms with Crippen LogP contribution in [0.25, 0.3) is 0 Å². The number of aliphatic carboxylic acids is 1. The number of ether oxygens (including phenoxy) is 3. The molecule has 2 aliphatic heterocycles. The lowest BCUT2D eigenvalue weighted by molar-refractivity contribution is -0.273. The van der Waals surface area contributed by atoms with Crippen molar-refractivity contribution in [3.05, 3.63) is 0 Å². The van der Waals surface area contributed by atoms with Crippen LogP contribution in [-0.2, 0) is 23.8 Å². The number of hydrogen-bond donors (Lipinski definition) is 5. The molecule has 1 spiro atoms. The van der Waals surface area contributed by atoms with Crippen LogP contribution in [-0.4, -0.2) is 86.5 Å². The van der Waals surface area contributed by atoms with Gasteiger partial charge in [0.1, 0.15) is 18.3 Å². The second-order valence-electron chi connectivity index (χ2n) is 15.7. The number of carbonyl (C=O) groups excluding carboxylic acids is 1. The zero-order valence-electron chi connectivity index (χ0n) is 26.1. The Balaban J connectivity index is 1.09. The Labute approximate surface area is 254 Å². The van der Waals surface area contributed by atoms with Gasteiger partial charge in [-0.05, 0) is 104 Å². The van der Waals surface area contributed by atoms with Crippen LogP contribution in [0.4, 0.5) is 0 Å². The Bertz CT molecular complexity index is 1070. The molecule has 6 aliphatic rings. The number of hydrogen-bond acceptors (Lipinski definition) is 9. The van der Waals surface area contributed by atoms with E-state index in [-0.39, 0.29) is 16.9 Å². The average molecular weight is 609 g/mol. The summed E-state index contributed by atoms with van der Waals surface area (Å²) >= 11 is 0. The summed E-state index contributed by atoms with van der Waals surface area (Å²) in [5, 5.41) is 48.5. The van der Waals surface area contributed by atoms with Gasteiger partial charge in [-0.15, -0.1) is 0 Å². The third-order valence-electron chi connectivity index (χ3n) is 13.7. The lowest BCUT2D eigenvalue weighted by Gasteiger charge is -2.61. The molecule has 0 radical (unpaired) electrons. The first-order valence-electron chi connectivity index (χ1n) is 16.7. The molecule has 0 amide bonds. The van der Waals surface area contributed by atoms with Crippen LogP contribution in [0, 0.1) is 52.3 Å². The van der Waals surface area contributed by atoms with Gasteiger partial charge in [0.2, 0.25) is 0 Å². The monoisotopic (exact) mass is 608 g/mol. The van der Waals surface area contributed by atoms with E-state index in [0.29, 0.717) is 54.3 Å². The van der Waals surface area contributed by atoms with Gasteiger partial charge in [0, 0.05) is 12.3 Å². The molecule has 0 aromatic heterocycles. The topological polar surface area (TPSA) is 163 Å². The average Bonchev–Trinajstić information content (AvgIpc) is 3.42. The molecule has 0 aromatic carbocycles. The standard InChI is InChI=1S/C33H52O10/c1-16-7-12-33(41-15-16)17(2)24-23(43-33)14-22-20-6-5-18-13-19(8-10-31(18,3)21(20)9-11-32(22,24)4)42-30(40)28(37)26(35)25(34)27(36)29(38)39/h16-28,34-37H,5-15H2,1-4H3,(H,38,39)/t16-,17+,18?,19+,20?,21?,22?,23?,24?,25+,26+,27+,28-,31+,32+,33-/m1/s1. The van der Waals surface area contributed by atoms with Crippen LogP contribution < -0.4 is 0 Å². The number of aliphatic hydroxyl groups is 4. The molecular formula is C33H52O10. The van der Waals surface area contributed by atoms with Crippen LogP contribution in [0.15, 0.2) is 0 Å². The van der Waals surface area contributed by atoms with Crippen LogP contribution in [0.1, 0.15) is 91.9 Å². The highest BCUT2D eigenvalue weighted by atomic mass is 16.7. The first-order valence-corrected chi connectivity index (χ1v) is 16.7. The van der Waals surface area contributed by atoms with E-state index in [1.165, 1.54) is 19.3 Å². The van der Waals surface area contributed by atoms with E-state index in [1.807, 2.05) is 0 Å². The molecule has 4 aliphatic carbocycles. The lowest BCUT2D eigenvalue weighted by atomic mass is 9.44. The van der Waals surface area contributed by atoms with Crippen LogP contribution in [0.5, 0.6) is 0 Å². The van der Waals surface area contributed by atoms with Crippen molar-refractivity contribution in [1.29, 1.82) is 0 Å². The number of aliphatic hydroxyl groups excluding tert-OH is 4. The fraction of sp³-hybridized carbons (Fsp3) is 0.939. The molecule has 0 aromatic rings. The predicted octanol–water partition coefficient (Wildman–Crippen LogP) is 2.87. The van der Waals surface area contributed by atoms with Gasteiger partial charge in [-0.25, -0.2) is 9.59 Å². The number of esters is 1. The summed E-state index contributed by atoms with van der Waals surface area (Å²) in [6.45, 7) is 10.4. The summed E-state index contributed by atoms with van der Waals surface area (Å²) in [4.78, 5) is 23.5. The van der Waals surface area contributed by atoms with E-state index >= 15 is 0 Å². The van der Waals surface area contributed by atoms with E-state index in [2.05, 4.69) is 27.7 Å². The van der Waals surface area contributed by atoms with Gasteiger partial charge in [-0.3, -0.25) is 0 Å². The quantitative estimate of drug-likeness (QED) is 0.283. The second-order valence-corrected chi connectivity index (χ2v) is 15.7. The number of carboxylic acids is 1. The Hall–Kier alpha value is -1.30. The number of rotatable bonds is 6. The highest BCUT2D eigenvalue weighted by Crippen LogP contribution is 2.71. The summed E-state index contributed by atoms with van der Waals surface area (Å²) < 4.78 is 19.0. The van der Waals surface area contributed by atoms with E-state index in [0.717, 1.165) is 38.7 Å². The van der Waals surface area contributed by atoms with Gasteiger partial charge in [-0.1, -0.05) is 27.7 Å². The van der Waals surface area contributed by atoms with E-state index in [4.69, 9.17) is 19.3 Å². The number of fused-ring (bicyclic) bond motifs is 7. The number of carboxylic acid groups (broad SMARTS) is 1. The summed E-state index contributed by atoms with van der Waals surface area (Å²) in [6.07, 6.45) is 1.10. The SMILES string of the molecule is C[C@@H]1CC[C@@]2(OC1)OC1CC3C4CCC5C[C@@H](OC(=O)[C@H](O)[C@@H](O)[C@H](O)[C@H](O)C(=O)O)CC[C@]5(C)C4CC[C@]3(C)C1[C@@H]2C. The summed E-state index contributed by atoms with van der Waals surface area (Å²) in [5.74, 6) is 0.530. The molecule has 10 nitrogen and oxygen atoms in total. The van der Waals surface area contributed by atoms with Crippen LogP contribution in [0.3, 0.4) is 0 Å². The van der Waals surface area contributed by atoms with Crippen molar-refractivity contribution in [2.75, 3.05) is 6.61 Å². The summed E-state index contributed by atoms with van der Waals surface area (Å²) in [5.41, 5.74) is 0.397. The van der Waals surface area contributed by atoms with E-state index < -0.39 is 48.2 Å². The number of carbonyl (C=O) groups is 2. The van der Waals surface area contributed by atoms with Gasteiger partial charge < -0.3 is 39.7 Å². The Kier molecular flexibility index (Phi) is 8.25. The smallest absolute Gasteiger partial charge is 0.338 e. The zero-order chi connectivity index (χ0) is 31.1. The molecule has 2 saturated heterocycles. The van der Waals surface area contributed by atoms with Crippen LogP contribution in [0.2, 0.25) is 0 Å². The minimum absolute atomic E-state index is 0.140. The third kappa shape index (κ3) is 4.97. The molecule has 6 fully saturated rings. The van der Waals surface area contributed by atoms with Gasteiger partial charge >= 0.3 is 11.9 Å². The zero-order valence-corrected chi connectivity index (χ0v) is 26.1. The fourth-order valence-corrected chi connectivity index (χ4v) is 11.2. The maximum absolute atomic E-state index is 12.6. The molecule has 2 heterocycles. The maximum Gasteiger partial charge on any atom is 0.338 e. The summed E-state index contributed by atoms with van der Waals surface area (Å²) in [6, 6.07) is 0. The van der Waals surface area contributed by atoms with Crippen molar-refractivity contribution in [2.45, 2.75) is 134 Å². The maximum atomic E-state index is 12.6. The fourth-order valence-electron chi connectivity index (χ4n) is 11.2. The van der Waals surface area contributed by atoms with Crippen molar-refractivity contribution in [3.8, 4) is 0 Å². The first-order chi connectivity index (χ1) is 20.2. The highest BCUT2D eigenvalue weighted by molar-refractivity contribution is 5.76. The Morgan fingerprint density at radius 3 is 2.21 bits per heavy atom. The predicted molar refractivity (Wildman–Crippen MR) is 153 cm³/mol. The van der Waals surface area contributed by atoms with E-state index in [9.17, 15) is 30.0 Å². The summed E-state index contributed by atoms with van der Waals surface area (Å²) in [7, 11) is 0. The molecule has 4 saturated carbocycles. The van der Waals surface area contributed by atoms with Crippen molar-refractivity contribution < 1.29 is 49.3 Å². The molecule has 5 N–H and O–H groups in total. The second kappa shape index (κ2) is 11.2. The van der Waals surface area contributed by atoms with Crippen LogP contribution >= 0.6 is 0 Å². The molecule has 244 valence electrons. The van der Waals surface area contributed by atoms with E-state index in [1.54, 1.807) is 0 Å². The van der Waals surface area contributed by atoms with Gasteiger partial charge in [0.15, 0.2) is 18.0 Å². The highest BCUT2D eigenvalue weighted by Gasteiger charge is 2.69. The molecule has 16 atom stereocenters. The molecule has 10 heteroatoms. The minimum atomic E-state index is -2.33. The van der Waals surface area contributed by atoms with Crippen molar-refractivity contribution in [1.82, 2.24) is 0 Å². The molecule has 43 heavy (non-hydrogen) atoms. The Morgan fingerprint density at radius 2 is 1.53 bits per heavy atom. The first kappa shape index (κ1) is 31.7. The van der Waals surface area contributed by atoms with Crippen molar-refractivity contribution in [2.24, 2.45) is 52.3 Å². The molecule has 6 unspecified atom stereocenters. The largest absolute Gasteiger partial charge is 0.479 e. The van der Waals surface area contributed by atoms with Crippen molar-refractivity contribution in [3.63, 3.8) is 0 Å². The lowest BCUT2D eigenvalue weighted by Crippen LogP contribution is -2.55. The molecule has 6 rings (SSSR count). The Morgan fingerprint density at radius 1 is 0.837 bits per heavy atom. The van der Waals surface area contributed by atoms with Gasteiger partial charge in [0.05, 0.1) is 12.7 Å². The normalized spacial score (nSPS) is 50.0. The third-order valence-corrected chi connectivity index (χ3v) is 13.7. The van der Waals surface area contributed by atoms with Gasteiger partial charge in [0.25, 0.3) is 0 Å². The van der Waals surface area contributed by atoms with Gasteiger partial charge in [-0.2, -0.15) is 0 Å². The molecular weight excluding hydrogens is 556 g/mol. The molecule has 0 bridgehead atoms.